The molecule has 5 nitrogen and oxygen atoms in total. The van der Waals surface area contributed by atoms with Crippen molar-refractivity contribution in [1.82, 2.24) is 10.6 Å². The molecular formula is C10H21N3O2. The fourth-order valence-corrected chi connectivity index (χ4v) is 1.26. The molecule has 0 aromatic rings. The summed E-state index contributed by atoms with van der Waals surface area (Å²) in [4.78, 5) is 22.6. The first-order chi connectivity index (χ1) is 6.90. The smallest absolute Gasteiger partial charge is 0.240 e. The van der Waals surface area contributed by atoms with Gasteiger partial charge in [0.2, 0.25) is 11.8 Å². The van der Waals surface area contributed by atoms with Gasteiger partial charge in [-0.25, -0.2) is 0 Å². The van der Waals surface area contributed by atoms with Crippen molar-refractivity contribution in [2.75, 3.05) is 13.6 Å². The zero-order chi connectivity index (χ0) is 12.0. The van der Waals surface area contributed by atoms with E-state index in [1.165, 1.54) is 0 Å². The average molecular weight is 215 g/mol. The lowest BCUT2D eigenvalue weighted by molar-refractivity contribution is -0.130. The van der Waals surface area contributed by atoms with E-state index in [1.807, 2.05) is 13.8 Å². The molecule has 0 radical (unpaired) electrons. The van der Waals surface area contributed by atoms with Gasteiger partial charge in [-0.05, 0) is 13.0 Å². The largest absolute Gasteiger partial charge is 0.368 e. The van der Waals surface area contributed by atoms with Crippen molar-refractivity contribution in [3.63, 3.8) is 0 Å². The zero-order valence-corrected chi connectivity index (χ0v) is 9.83. The third kappa shape index (κ3) is 4.78. The summed E-state index contributed by atoms with van der Waals surface area (Å²) in [6.45, 7) is 6.07. The standard InChI is InChI=1S/C10H21N3O2/c1-6(2)8(9(11)14)13-10(15)7(3)5-12-4/h6-8,12H,5H2,1-4H3,(H2,11,14)(H,13,15). The Bertz CT molecular complexity index is 229. The first kappa shape index (κ1) is 13.9. The maximum Gasteiger partial charge on any atom is 0.240 e. The van der Waals surface area contributed by atoms with Crippen LogP contribution in [0.1, 0.15) is 20.8 Å². The summed E-state index contributed by atoms with van der Waals surface area (Å²) in [7, 11) is 1.78. The van der Waals surface area contributed by atoms with Crippen LogP contribution in [-0.4, -0.2) is 31.4 Å². The van der Waals surface area contributed by atoms with Gasteiger partial charge in [0.05, 0.1) is 0 Å². The van der Waals surface area contributed by atoms with Crippen LogP contribution in [0.4, 0.5) is 0 Å². The van der Waals surface area contributed by atoms with Gasteiger partial charge < -0.3 is 16.4 Å². The molecule has 0 aromatic carbocycles. The molecule has 15 heavy (non-hydrogen) atoms. The SMILES string of the molecule is CNCC(C)C(=O)NC(C(N)=O)C(C)C. The van der Waals surface area contributed by atoms with Gasteiger partial charge in [0.15, 0.2) is 0 Å². The first-order valence-corrected chi connectivity index (χ1v) is 5.14. The normalized spacial score (nSPS) is 14.7. The van der Waals surface area contributed by atoms with Crippen molar-refractivity contribution in [1.29, 1.82) is 0 Å². The van der Waals surface area contributed by atoms with Crippen LogP contribution >= 0.6 is 0 Å². The van der Waals surface area contributed by atoms with E-state index < -0.39 is 11.9 Å². The number of hydrogen-bond acceptors (Lipinski definition) is 3. The van der Waals surface area contributed by atoms with Crippen LogP contribution in [0.5, 0.6) is 0 Å². The summed E-state index contributed by atoms with van der Waals surface area (Å²) in [5, 5.41) is 5.55. The summed E-state index contributed by atoms with van der Waals surface area (Å²) in [5.41, 5.74) is 5.19. The molecule has 0 aliphatic rings. The Morgan fingerprint density at radius 3 is 2.13 bits per heavy atom. The summed E-state index contributed by atoms with van der Waals surface area (Å²) < 4.78 is 0. The maximum atomic E-state index is 11.6. The van der Waals surface area contributed by atoms with Crippen LogP contribution in [0.15, 0.2) is 0 Å². The summed E-state index contributed by atoms with van der Waals surface area (Å²) >= 11 is 0. The second-order valence-electron chi connectivity index (χ2n) is 4.09. The van der Waals surface area contributed by atoms with Gasteiger partial charge in [-0.3, -0.25) is 9.59 Å². The van der Waals surface area contributed by atoms with Gasteiger partial charge in [-0.15, -0.1) is 0 Å². The predicted molar refractivity (Wildman–Crippen MR) is 59.1 cm³/mol. The van der Waals surface area contributed by atoms with E-state index in [4.69, 9.17) is 5.73 Å². The van der Waals surface area contributed by atoms with E-state index in [0.29, 0.717) is 6.54 Å². The predicted octanol–water partition coefficient (Wildman–Crippen LogP) is -0.532. The van der Waals surface area contributed by atoms with Gasteiger partial charge in [-0.2, -0.15) is 0 Å². The minimum atomic E-state index is -0.586. The highest BCUT2D eigenvalue weighted by molar-refractivity contribution is 5.87. The van der Waals surface area contributed by atoms with Crippen molar-refractivity contribution in [3.05, 3.63) is 0 Å². The molecule has 2 unspecified atom stereocenters. The van der Waals surface area contributed by atoms with Crippen LogP contribution in [0, 0.1) is 11.8 Å². The lowest BCUT2D eigenvalue weighted by atomic mass is 10.0. The Hall–Kier alpha value is -1.10. The summed E-state index contributed by atoms with van der Waals surface area (Å²) in [6.07, 6.45) is 0. The molecule has 4 N–H and O–H groups in total. The highest BCUT2D eigenvalue weighted by Crippen LogP contribution is 2.02. The van der Waals surface area contributed by atoms with Crippen molar-refractivity contribution in [3.8, 4) is 0 Å². The Kier molecular flexibility index (Phi) is 5.93. The number of carbonyl (C=O) groups excluding carboxylic acids is 2. The minimum Gasteiger partial charge on any atom is -0.368 e. The Labute approximate surface area is 90.8 Å². The van der Waals surface area contributed by atoms with Crippen molar-refractivity contribution in [2.45, 2.75) is 26.8 Å². The molecule has 0 aliphatic heterocycles. The second-order valence-corrected chi connectivity index (χ2v) is 4.09. The number of nitrogens with two attached hydrogens (primary N) is 1. The third-order valence-electron chi connectivity index (χ3n) is 2.23. The molecule has 0 saturated heterocycles. The van der Waals surface area contributed by atoms with E-state index in [9.17, 15) is 9.59 Å². The molecule has 0 spiro atoms. The molecule has 88 valence electrons. The molecule has 2 amide bonds. The Morgan fingerprint density at radius 1 is 1.27 bits per heavy atom. The molecule has 0 rings (SSSR count). The fraction of sp³-hybridized carbons (Fsp3) is 0.800. The molecule has 2 atom stereocenters. The van der Waals surface area contributed by atoms with Crippen LogP contribution in [0.2, 0.25) is 0 Å². The molecule has 0 heterocycles. The third-order valence-corrected chi connectivity index (χ3v) is 2.23. The fourth-order valence-electron chi connectivity index (χ4n) is 1.26. The van der Waals surface area contributed by atoms with Gasteiger partial charge in [0.25, 0.3) is 0 Å². The molecular weight excluding hydrogens is 194 g/mol. The zero-order valence-electron chi connectivity index (χ0n) is 9.83. The molecule has 0 bridgehead atoms. The lowest BCUT2D eigenvalue weighted by Gasteiger charge is -2.21. The minimum absolute atomic E-state index is 0.00763. The van der Waals surface area contributed by atoms with E-state index in [-0.39, 0.29) is 17.7 Å². The quantitative estimate of drug-likeness (QED) is 0.557. The Balaban J connectivity index is 4.29. The molecule has 0 fully saturated rings. The number of carbonyl (C=O) groups is 2. The highest BCUT2D eigenvalue weighted by Gasteiger charge is 2.23. The summed E-state index contributed by atoms with van der Waals surface area (Å²) in [6, 6.07) is -0.586. The van der Waals surface area contributed by atoms with E-state index in [1.54, 1.807) is 14.0 Å². The molecule has 5 heteroatoms. The van der Waals surface area contributed by atoms with Crippen LogP contribution in [-0.2, 0) is 9.59 Å². The number of amides is 2. The van der Waals surface area contributed by atoms with Gasteiger partial charge in [0, 0.05) is 12.5 Å². The number of primary amides is 1. The molecule has 0 aromatic heterocycles. The number of nitrogens with one attached hydrogen (secondary N) is 2. The molecule has 0 saturated carbocycles. The highest BCUT2D eigenvalue weighted by atomic mass is 16.2. The van der Waals surface area contributed by atoms with Crippen molar-refractivity contribution < 1.29 is 9.59 Å². The van der Waals surface area contributed by atoms with Gasteiger partial charge in [-0.1, -0.05) is 20.8 Å². The monoisotopic (exact) mass is 215 g/mol. The lowest BCUT2D eigenvalue weighted by Crippen LogP contribution is -2.50. The van der Waals surface area contributed by atoms with E-state index in [2.05, 4.69) is 10.6 Å². The van der Waals surface area contributed by atoms with Crippen LogP contribution in [0.25, 0.3) is 0 Å². The number of rotatable bonds is 6. The first-order valence-electron chi connectivity index (χ1n) is 5.14. The summed E-state index contributed by atoms with van der Waals surface area (Å²) in [5.74, 6) is -0.805. The van der Waals surface area contributed by atoms with Crippen LogP contribution in [0.3, 0.4) is 0 Å². The Morgan fingerprint density at radius 2 is 1.80 bits per heavy atom. The van der Waals surface area contributed by atoms with E-state index >= 15 is 0 Å². The van der Waals surface area contributed by atoms with Gasteiger partial charge in [0.1, 0.15) is 6.04 Å². The molecule has 0 aliphatic carbocycles. The van der Waals surface area contributed by atoms with Crippen LogP contribution < -0.4 is 16.4 Å². The number of hydrogen-bond donors (Lipinski definition) is 3. The van der Waals surface area contributed by atoms with Gasteiger partial charge >= 0.3 is 0 Å². The topological polar surface area (TPSA) is 84.2 Å². The van der Waals surface area contributed by atoms with E-state index in [0.717, 1.165) is 0 Å². The maximum absolute atomic E-state index is 11.6. The van der Waals surface area contributed by atoms with Crippen molar-refractivity contribution in [2.24, 2.45) is 17.6 Å². The average Bonchev–Trinajstić information content (AvgIpc) is 2.12. The second kappa shape index (κ2) is 6.40. The van der Waals surface area contributed by atoms with Crippen molar-refractivity contribution >= 4 is 11.8 Å².